The molecule has 0 N–H and O–H groups in total. The third kappa shape index (κ3) is 3.59. The highest BCUT2D eigenvalue weighted by atomic mass is 32.2. The summed E-state index contributed by atoms with van der Waals surface area (Å²) in [6.07, 6.45) is 0. The first-order valence-electron chi connectivity index (χ1n) is 8.12. The Morgan fingerprint density at radius 1 is 1.04 bits per heavy atom. The Hall–Kier alpha value is -1.97. The molecule has 1 fully saturated rings. The van der Waals surface area contributed by atoms with Crippen LogP contribution in [0.25, 0.3) is 0 Å². The van der Waals surface area contributed by atoms with Crippen molar-refractivity contribution in [2.45, 2.75) is 10.3 Å². The summed E-state index contributed by atoms with van der Waals surface area (Å²) < 4.78 is 57.7. The summed E-state index contributed by atoms with van der Waals surface area (Å²) in [6.45, 7) is 0.267. The van der Waals surface area contributed by atoms with Crippen LogP contribution in [0.3, 0.4) is 0 Å². The molecular formula is C18H20FNO5S2. The zero-order valence-corrected chi connectivity index (χ0v) is 16.8. The fourth-order valence-corrected chi connectivity index (χ4v) is 6.29. The highest BCUT2D eigenvalue weighted by Gasteiger charge is 2.39. The van der Waals surface area contributed by atoms with Gasteiger partial charge in [0.1, 0.15) is 16.5 Å². The predicted octanol–water partition coefficient (Wildman–Crippen LogP) is 3.29. The lowest BCUT2D eigenvalue weighted by molar-refractivity contribution is 0.344. The van der Waals surface area contributed by atoms with E-state index < -0.39 is 21.2 Å². The third-order valence-electron chi connectivity index (χ3n) is 4.27. The highest BCUT2D eigenvalue weighted by molar-refractivity contribution is 8.01. The van der Waals surface area contributed by atoms with Gasteiger partial charge in [-0.1, -0.05) is 12.1 Å². The molecule has 2 aromatic carbocycles. The van der Waals surface area contributed by atoms with Crippen molar-refractivity contribution in [2.24, 2.45) is 0 Å². The van der Waals surface area contributed by atoms with Gasteiger partial charge in [0.2, 0.25) is 10.0 Å². The summed E-state index contributed by atoms with van der Waals surface area (Å²) in [5.41, 5.74) is 0.623. The number of thioether (sulfide) groups is 1. The van der Waals surface area contributed by atoms with Crippen molar-refractivity contribution < 1.29 is 27.0 Å². The summed E-state index contributed by atoms with van der Waals surface area (Å²) in [6, 6.07) is 8.73. The van der Waals surface area contributed by atoms with Gasteiger partial charge in [0.25, 0.3) is 0 Å². The lowest BCUT2D eigenvalue weighted by Gasteiger charge is -2.25. The number of methoxy groups -OCH3 is 3. The fourth-order valence-electron chi connectivity index (χ4n) is 2.97. The van der Waals surface area contributed by atoms with E-state index in [-0.39, 0.29) is 11.4 Å². The number of hydrogen-bond donors (Lipinski definition) is 0. The molecule has 1 aliphatic heterocycles. The Morgan fingerprint density at radius 3 is 2.30 bits per heavy atom. The van der Waals surface area contributed by atoms with E-state index in [9.17, 15) is 12.8 Å². The van der Waals surface area contributed by atoms with Crippen LogP contribution in [-0.2, 0) is 10.0 Å². The summed E-state index contributed by atoms with van der Waals surface area (Å²) in [4.78, 5) is -0.336. The molecule has 6 nitrogen and oxygen atoms in total. The minimum absolute atomic E-state index is 0.267. The topological polar surface area (TPSA) is 65.1 Å². The number of nitrogens with zero attached hydrogens (tertiary/aromatic N) is 1. The Kier molecular flexibility index (Phi) is 5.83. The van der Waals surface area contributed by atoms with E-state index in [1.54, 1.807) is 12.1 Å². The smallest absolute Gasteiger partial charge is 0.247 e. The Balaban J connectivity index is 2.08. The molecular weight excluding hydrogens is 393 g/mol. The average Bonchev–Trinajstić information content (AvgIpc) is 3.17. The lowest BCUT2D eigenvalue weighted by atomic mass is 10.1. The van der Waals surface area contributed by atoms with Gasteiger partial charge in [0.15, 0.2) is 11.5 Å². The molecule has 146 valence electrons. The largest absolute Gasteiger partial charge is 0.496 e. The summed E-state index contributed by atoms with van der Waals surface area (Å²) in [7, 11) is 0.497. The first kappa shape index (κ1) is 19.8. The van der Waals surface area contributed by atoms with Gasteiger partial charge in [-0.15, -0.1) is 11.8 Å². The van der Waals surface area contributed by atoms with Gasteiger partial charge in [-0.3, -0.25) is 0 Å². The van der Waals surface area contributed by atoms with Crippen LogP contribution >= 0.6 is 11.8 Å². The van der Waals surface area contributed by atoms with Gasteiger partial charge in [0.05, 0.1) is 26.7 Å². The van der Waals surface area contributed by atoms with Crippen molar-refractivity contribution in [3.05, 3.63) is 47.8 Å². The van der Waals surface area contributed by atoms with Crippen LogP contribution in [0.5, 0.6) is 17.2 Å². The van der Waals surface area contributed by atoms with Crippen molar-refractivity contribution >= 4 is 21.8 Å². The van der Waals surface area contributed by atoms with E-state index in [2.05, 4.69) is 0 Å². The van der Waals surface area contributed by atoms with Crippen molar-refractivity contribution in [3.63, 3.8) is 0 Å². The molecule has 0 spiro atoms. The van der Waals surface area contributed by atoms with Crippen molar-refractivity contribution in [1.29, 1.82) is 0 Å². The van der Waals surface area contributed by atoms with Crippen molar-refractivity contribution in [3.8, 4) is 17.2 Å². The van der Waals surface area contributed by atoms with Gasteiger partial charge in [-0.05, 0) is 18.2 Å². The monoisotopic (exact) mass is 413 g/mol. The quantitative estimate of drug-likeness (QED) is 0.724. The SMILES string of the molecule is COc1cc(OC)c(C2SCCN2S(=O)(=O)c2ccccc2F)cc1OC. The summed E-state index contributed by atoms with van der Waals surface area (Å²) >= 11 is 1.44. The molecule has 1 aliphatic rings. The molecule has 0 bridgehead atoms. The standard InChI is InChI=1S/C18H20FNO5S2/c1-23-14-11-16(25-3)15(24-2)10-12(14)18-20(8-9-26-18)27(21,22)17-7-5-4-6-13(17)19/h4-7,10-11,18H,8-9H2,1-3H3. The van der Waals surface area contributed by atoms with Crippen LogP contribution in [0.2, 0.25) is 0 Å². The maximum atomic E-state index is 14.2. The fraction of sp³-hybridized carbons (Fsp3) is 0.333. The molecule has 0 aromatic heterocycles. The molecule has 0 amide bonds. The number of halogens is 1. The minimum Gasteiger partial charge on any atom is -0.496 e. The van der Waals surface area contributed by atoms with Crippen LogP contribution < -0.4 is 14.2 Å². The van der Waals surface area contributed by atoms with Gasteiger partial charge in [0, 0.05) is 23.9 Å². The zero-order valence-electron chi connectivity index (χ0n) is 15.1. The maximum absolute atomic E-state index is 14.2. The molecule has 1 heterocycles. The van der Waals surface area contributed by atoms with Crippen molar-refractivity contribution in [1.82, 2.24) is 4.31 Å². The van der Waals surface area contributed by atoms with Gasteiger partial charge in [-0.25, -0.2) is 12.8 Å². The third-order valence-corrected chi connectivity index (χ3v) is 7.55. The maximum Gasteiger partial charge on any atom is 0.247 e. The van der Waals surface area contributed by atoms with Gasteiger partial charge >= 0.3 is 0 Å². The molecule has 0 saturated carbocycles. The van der Waals surface area contributed by atoms with E-state index in [0.717, 1.165) is 6.07 Å². The van der Waals surface area contributed by atoms with E-state index in [1.807, 2.05) is 0 Å². The molecule has 1 atom stereocenters. The minimum atomic E-state index is -4.02. The molecule has 0 aliphatic carbocycles. The molecule has 2 aromatic rings. The van der Waals surface area contributed by atoms with Gasteiger partial charge in [-0.2, -0.15) is 4.31 Å². The van der Waals surface area contributed by atoms with E-state index in [4.69, 9.17) is 14.2 Å². The summed E-state index contributed by atoms with van der Waals surface area (Å²) in [5.74, 6) is 1.22. The number of hydrogen-bond acceptors (Lipinski definition) is 6. The Morgan fingerprint density at radius 2 is 1.67 bits per heavy atom. The summed E-state index contributed by atoms with van der Waals surface area (Å²) in [5, 5.41) is -0.565. The van der Waals surface area contributed by atoms with Crippen molar-refractivity contribution in [2.75, 3.05) is 33.6 Å². The second-order valence-electron chi connectivity index (χ2n) is 5.72. The number of sulfonamides is 1. The van der Waals surface area contributed by atoms with Crippen LogP contribution in [-0.4, -0.2) is 46.4 Å². The Bertz CT molecular complexity index is 935. The van der Waals surface area contributed by atoms with Gasteiger partial charge < -0.3 is 14.2 Å². The first-order chi connectivity index (χ1) is 12.9. The average molecular weight is 413 g/mol. The molecule has 9 heteroatoms. The molecule has 1 saturated heterocycles. The van der Waals surface area contributed by atoms with E-state index >= 15 is 0 Å². The second kappa shape index (κ2) is 7.95. The van der Waals surface area contributed by atoms with Crippen LogP contribution in [0, 0.1) is 5.82 Å². The zero-order chi connectivity index (χ0) is 19.6. The van der Waals surface area contributed by atoms with Crippen LogP contribution in [0.4, 0.5) is 4.39 Å². The second-order valence-corrected chi connectivity index (χ2v) is 8.77. The molecule has 0 radical (unpaired) electrons. The first-order valence-corrected chi connectivity index (χ1v) is 10.6. The number of ether oxygens (including phenoxy) is 3. The van der Waals surface area contributed by atoms with Crippen LogP contribution in [0.1, 0.15) is 10.9 Å². The molecule has 1 unspecified atom stereocenters. The lowest BCUT2D eigenvalue weighted by Crippen LogP contribution is -2.31. The number of rotatable bonds is 6. The van der Waals surface area contributed by atoms with E-state index in [1.165, 1.54) is 55.6 Å². The molecule has 27 heavy (non-hydrogen) atoms. The van der Waals surface area contributed by atoms with E-state index in [0.29, 0.717) is 28.6 Å². The predicted molar refractivity (Wildman–Crippen MR) is 102 cm³/mol. The number of benzene rings is 2. The van der Waals surface area contributed by atoms with Crippen LogP contribution in [0.15, 0.2) is 41.3 Å². The highest BCUT2D eigenvalue weighted by Crippen LogP contribution is 2.47. The molecule has 3 rings (SSSR count). The normalized spacial score (nSPS) is 17.7. The Labute approximate surface area is 162 Å².